The molecule has 0 radical (unpaired) electrons. The van der Waals surface area contributed by atoms with Crippen molar-refractivity contribution in [3.05, 3.63) is 138 Å². The Hall–Kier alpha value is -6.53. The number of carboxylic acids is 1. The van der Waals surface area contributed by atoms with Crippen molar-refractivity contribution in [3.8, 4) is 39.5 Å². The zero-order valence-electron chi connectivity index (χ0n) is 30.6. The Morgan fingerprint density at radius 2 is 0.857 bits per heavy atom. The van der Waals surface area contributed by atoms with E-state index in [1.807, 2.05) is 48.5 Å². The summed E-state index contributed by atoms with van der Waals surface area (Å²) in [5.74, 6) is 0.0360. The maximum atomic E-state index is 12.6. The standard InChI is InChI=1S/C44H42N2O10/c47-42(48)28-51-21-22-54-31-24-29(52-19-17-45-43(49)55-26-40-36-13-5-1-9-32(36)33-10-2-6-14-37(33)40)23-30(25-31)53-20-18-46-44(50)56-27-41-38-15-7-3-11-34(38)35-12-4-8-16-39(35)41/h1-16,23-25,40-41H,17-22,26-28H2,(H,45,49)(H,46,50)(H,47,48). The van der Waals surface area contributed by atoms with E-state index >= 15 is 0 Å². The Bertz CT molecular complexity index is 1940. The first-order valence-corrected chi connectivity index (χ1v) is 18.5. The van der Waals surface area contributed by atoms with Gasteiger partial charge < -0.3 is 44.2 Å². The largest absolute Gasteiger partial charge is 0.491 e. The van der Waals surface area contributed by atoms with Gasteiger partial charge in [0.15, 0.2) is 0 Å². The highest BCUT2D eigenvalue weighted by atomic mass is 16.6. The van der Waals surface area contributed by atoms with Crippen molar-refractivity contribution in [2.45, 2.75) is 11.8 Å². The molecule has 0 saturated carbocycles. The van der Waals surface area contributed by atoms with Crippen molar-refractivity contribution >= 4 is 18.2 Å². The SMILES string of the molecule is O=C(O)COCCOc1cc(OCCNC(=O)OCC2c3ccccc3-c3ccccc32)cc(OCCNC(=O)OCC2c3ccccc3-c3ccccc32)c1. The summed E-state index contributed by atoms with van der Waals surface area (Å²) in [5, 5.41) is 14.3. The Labute approximate surface area is 324 Å². The molecule has 0 unspecified atom stereocenters. The highest BCUT2D eigenvalue weighted by Crippen LogP contribution is 2.45. The molecule has 3 N–H and O–H groups in total. The number of hydrogen-bond acceptors (Lipinski definition) is 9. The van der Waals surface area contributed by atoms with Crippen LogP contribution in [0.5, 0.6) is 17.2 Å². The summed E-state index contributed by atoms with van der Waals surface area (Å²) < 4.78 is 33.9. The number of amides is 2. The summed E-state index contributed by atoms with van der Waals surface area (Å²) in [6, 6.07) is 37.5. The number of aliphatic carboxylic acids is 1. The molecule has 12 nitrogen and oxygen atoms in total. The zero-order valence-corrected chi connectivity index (χ0v) is 30.6. The van der Waals surface area contributed by atoms with Gasteiger partial charge in [-0.3, -0.25) is 0 Å². The van der Waals surface area contributed by atoms with Crippen LogP contribution in [-0.2, 0) is 19.0 Å². The van der Waals surface area contributed by atoms with Crippen molar-refractivity contribution in [2.24, 2.45) is 0 Å². The molecule has 5 aromatic rings. The minimum absolute atomic E-state index is 0.0470. The van der Waals surface area contributed by atoms with E-state index in [1.54, 1.807) is 18.2 Å². The van der Waals surface area contributed by atoms with Crippen LogP contribution in [0.25, 0.3) is 22.3 Å². The average Bonchev–Trinajstić information content (AvgIpc) is 3.71. The van der Waals surface area contributed by atoms with Crippen molar-refractivity contribution in [2.75, 3.05) is 59.3 Å². The molecule has 0 aromatic heterocycles. The molecule has 0 aliphatic heterocycles. The number of carboxylic acid groups (broad SMARTS) is 1. The van der Waals surface area contributed by atoms with Gasteiger partial charge in [-0.2, -0.15) is 0 Å². The van der Waals surface area contributed by atoms with Crippen molar-refractivity contribution in [1.29, 1.82) is 0 Å². The van der Waals surface area contributed by atoms with E-state index in [9.17, 15) is 14.4 Å². The molecular formula is C44H42N2O10. The number of carbonyl (C=O) groups is 3. The molecule has 5 aromatic carbocycles. The van der Waals surface area contributed by atoms with E-state index in [0.717, 1.165) is 44.5 Å². The number of hydrogen-bond donors (Lipinski definition) is 3. The first-order valence-electron chi connectivity index (χ1n) is 18.5. The predicted molar refractivity (Wildman–Crippen MR) is 208 cm³/mol. The summed E-state index contributed by atoms with van der Waals surface area (Å²) in [5.41, 5.74) is 9.13. The first kappa shape index (κ1) is 37.8. The van der Waals surface area contributed by atoms with Crippen LogP contribution in [0.3, 0.4) is 0 Å². The third-order valence-electron chi connectivity index (χ3n) is 9.54. The van der Waals surface area contributed by atoms with Gasteiger partial charge in [0.25, 0.3) is 0 Å². The van der Waals surface area contributed by atoms with Crippen LogP contribution in [0.4, 0.5) is 9.59 Å². The molecule has 12 heteroatoms. The Kier molecular flexibility index (Phi) is 12.3. The molecule has 0 fully saturated rings. The molecule has 0 bridgehead atoms. The van der Waals surface area contributed by atoms with E-state index in [0.29, 0.717) is 17.2 Å². The number of rotatable bonds is 18. The van der Waals surface area contributed by atoms with E-state index in [-0.39, 0.29) is 64.6 Å². The minimum atomic E-state index is -1.07. The molecule has 0 spiro atoms. The molecule has 0 heterocycles. The topological polar surface area (TPSA) is 151 Å². The van der Waals surface area contributed by atoms with Crippen LogP contribution in [0.1, 0.15) is 34.1 Å². The highest BCUT2D eigenvalue weighted by Gasteiger charge is 2.30. The van der Waals surface area contributed by atoms with Gasteiger partial charge in [-0.1, -0.05) is 97.1 Å². The highest BCUT2D eigenvalue weighted by molar-refractivity contribution is 5.80. The van der Waals surface area contributed by atoms with E-state index < -0.39 is 24.8 Å². The summed E-state index contributed by atoms with van der Waals surface area (Å²) in [4.78, 5) is 36.0. The monoisotopic (exact) mass is 758 g/mol. The normalized spacial score (nSPS) is 12.4. The lowest BCUT2D eigenvalue weighted by atomic mass is 9.98. The minimum Gasteiger partial charge on any atom is -0.491 e. The first-order chi connectivity index (χ1) is 27.4. The van der Waals surface area contributed by atoms with Gasteiger partial charge in [-0.05, 0) is 44.5 Å². The van der Waals surface area contributed by atoms with Gasteiger partial charge in [0.1, 0.15) is 56.9 Å². The Morgan fingerprint density at radius 1 is 0.500 bits per heavy atom. The average molecular weight is 759 g/mol. The summed E-state index contributed by atoms with van der Waals surface area (Å²) in [6.07, 6.45) is -1.11. The molecule has 2 aliphatic carbocycles. The van der Waals surface area contributed by atoms with Gasteiger partial charge in [-0.15, -0.1) is 0 Å². The second-order valence-electron chi connectivity index (χ2n) is 13.1. The molecule has 0 saturated heterocycles. The molecule has 56 heavy (non-hydrogen) atoms. The van der Waals surface area contributed by atoms with Crippen LogP contribution in [0.15, 0.2) is 115 Å². The van der Waals surface area contributed by atoms with Crippen LogP contribution in [0.2, 0.25) is 0 Å². The number of nitrogens with one attached hydrogen (secondary N) is 2. The fraction of sp³-hybridized carbons (Fsp3) is 0.250. The third-order valence-corrected chi connectivity index (χ3v) is 9.54. The molecule has 288 valence electrons. The zero-order chi connectivity index (χ0) is 38.7. The van der Waals surface area contributed by atoms with Crippen molar-refractivity contribution in [3.63, 3.8) is 0 Å². The van der Waals surface area contributed by atoms with Crippen LogP contribution >= 0.6 is 0 Å². The molecule has 7 rings (SSSR count). The molecule has 2 aliphatic rings. The third kappa shape index (κ3) is 9.22. The molecule has 0 atom stereocenters. The second-order valence-corrected chi connectivity index (χ2v) is 13.1. The maximum Gasteiger partial charge on any atom is 0.407 e. The van der Waals surface area contributed by atoms with E-state index in [4.69, 9.17) is 33.5 Å². The number of benzene rings is 5. The lowest BCUT2D eigenvalue weighted by Gasteiger charge is -2.16. The lowest BCUT2D eigenvalue weighted by molar-refractivity contribution is -0.142. The van der Waals surface area contributed by atoms with Crippen LogP contribution in [0, 0.1) is 0 Å². The maximum absolute atomic E-state index is 12.6. The fourth-order valence-corrected chi connectivity index (χ4v) is 7.12. The van der Waals surface area contributed by atoms with Gasteiger partial charge in [0.2, 0.25) is 0 Å². The summed E-state index contributed by atoms with van der Waals surface area (Å²) >= 11 is 0. The molecule has 2 amide bonds. The van der Waals surface area contributed by atoms with Gasteiger partial charge >= 0.3 is 18.2 Å². The van der Waals surface area contributed by atoms with Gasteiger partial charge in [-0.25, -0.2) is 14.4 Å². The fourth-order valence-electron chi connectivity index (χ4n) is 7.12. The predicted octanol–water partition coefficient (Wildman–Crippen LogP) is 7.00. The lowest BCUT2D eigenvalue weighted by Crippen LogP contribution is -2.30. The van der Waals surface area contributed by atoms with Crippen LogP contribution < -0.4 is 24.8 Å². The second kappa shape index (κ2) is 18.2. The van der Waals surface area contributed by atoms with Crippen molar-refractivity contribution < 1.29 is 47.9 Å². The van der Waals surface area contributed by atoms with Gasteiger partial charge in [0, 0.05) is 30.0 Å². The van der Waals surface area contributed by atoms with E-state index in [2.05, 4.69) is 59.2 Å². The Morgan fingerprint density at radius 3 is 1.23 bits per heavy atom. The van der Waals surface area contributed by atoms with E-state index in [1.165, 1.54) is 0 Å². The summed E-state index contributed by atoms with van der Waals surface area (Å²) in [6.45, 7) is 0.700. The number of alkyl carbamates (subject to hydrolysis) is 2. The number of ether oxygens (including phenoxy) is 6. The van der Waals surface area contributed by atoms with Gasteiger partial charge in [0.05, 0.1) is 19.7 Å². The Balaban J connectivity index is 0.871. The summed E-state index contributed by atoms with van der Waals surface area (Å²) in [7, 11) is 0. The number of fused-ring (bicyclic) bond motifs is 6. The smallest absolute Gasteiger partial charge is 0.407 e. The van der Waals surface area contributed by atoms with Crippen molar-refractivity contribution in [1.82, 2.24) is 10.6 Å². The molecular weight excluding hydrogens is 716 g/mol. The quantitative estimate of drug-likeness (QED) is 0.0797. The number of carbonyl (C=O) groups excluding carboxylic acids is 2. The van der Waals surface area contributed by atoms with Crippen LogP contribution in [-0.4, -0.2) is 82.6 Å².